The fourth-order valence-corrected chi connectivity index (χ4v) is 1.58. The van der Waals surface area contributed by atoms with Gasteiger partial charge in [0.1, 0.15) is 12.2 Å². The monoisotopic (exact) mass is 237 g/mol. The highest BCUT2D eigenvalue weighted by Crippen LogP contribution is 2.26. The van der Waals surface area contributed by atoms with Crippen LogP contribution in [0, 0.1) is 0 Å². The summed E-state index contributed by atoms with van der Waals surface area (Å²) in [6.45, 7) is 0.375. The molecule has 1 saturated heterocycles. The van der Waals surface area contributed by atoms with Crippen LogP contribution >= 0.6 is 0 Å². The standard InChI is InChI=1S/C8H15NO7/c1-3(11)9-8(15)5(12)4(2-10)16-7(14)6(8)13/h4-7,10,12-15H,2H2,1H3,(H,9,11)/t4-,5+,6+,7?,8+/m1/s1. The Kier molecular flexibility index (Phi) is 3.84. The molecule has 0 radical (unpaired) electrons. The predicted octanol–water partition coefficient (Wildman–Crippen LogP) is -3.76. The average Bonchev–Trinajstić information content (AvgIpc) is 2.20. The Bertz CT molecular complexity index is 273. The third-order valence-electron chi connectivity index (χ3n) is 2.39. The van der Waals surface area contributed by atoms with Crippen LogP contribution < -0.4 is 5.32 Å². The molecule has 5 atom stereocenters. The summed E-state index contributed by atoms with van der Waals surface area (Å²) in [6, 6.07) is 0. The minimum atomic E-state index is -2.46. The van der Waals surface area contributed by atoms with Crippen molar-refractivity contribution >= 4 is 5.91 Å². The summed E-state index contributed by atoms with van der Waals surface area (Å²) < 4.78 is 4.63. The lowest BCUT2D eigenvalue weighted by molar-refractivity contribution is -0.327. The number of rotatable bonds is 2. The van der Waals surface area contributed by atoms with Crippen molar-refractivity contribution in [3.63, 3.8) is 0 Å². The van der Waals surface area contributed by atoms with Crippen molar-refractivity contribution in [1.82, 2.24) is 5.32 Å². The van der Waals surface area contributed by atoms with E-state index >= 15 is 0 Å². The van der Waals surface area contributed by atoms with Gasteiger partial charge in [0.2, 0.25) is 5.91 Å². The predicted molar refractivity (Wildman–Crippen MR) is 48.7 cm³/mol. The van der Waals surface area contributed by atoms with Gasteiger partial charge in [-0.05, 0) is 0 Å². The molecule has 1 fully saturated rings. The van der Waals surface area contributed by atoms with E-state index < -0.39 is 42.8 Å². The Hall–Kier alpha value is -0.770. The van der Waals surface area contributed by atoms with Crippen molar-refractivity contribution in [2.75, 3.05) is 6.61 Å². The zero-order valence-corrected chi connectivity index (χ0v) is 8.57. The van der Waals surface area contributed by atoms with Crippen LogP contribution in [0.2, 0.25) is 0 Å². The largest absolute Gasteiger partial charge is 0.394 e. The van der Waals surface area contributed by atoms with Gasteiger partial charge in [-0.2, -0.15) is 0 Å². The topological polar surface area (TPSA) is 139 Å². The van der Waals surface area contributed by atoms with Crippen molar-refractivity contribution in [1.29, 1.82) is 0 Å². The van der Waals surface area contributed by atoms with Gasteiger partial charge in [0.25, 0.3) is 0 Å². The van der Waals surface area contributed by atoms with Gasteiger partial charge in [0.05, 0.1) is 6.61 Å². The highest BCUT2D eigenvalue weighted by atomic mass is 16.6. The second-order valence-electron chi connectivity index (χ2n) is 3.64. The van der Waals surface area contributed by atoms with Gasteiger partial charge < -0.3 is 35.6 Å². The number of nitrogens with one attached hydrogen (secondary N) is 1. The first-order valence-corrected chi connectivity index (χ1v) is 4.64. The number of carbonyl (C=O) groups is 1. The van der Waals surface area contributed by atoms with Crippen LogP contribution in [0.5, 0.6) is 0 Å². The summed E-state index contributed by atoms with van der Waals surface area (Å²) in [5.74, 6) is -0.716. The zero-order valence-electron chi connectivity index (χ0n) is 8.57. The second kappa shape index (κ2) is 4.62. The number of hydrogen-bond acceptors (Lipinski definition) is 7. The SMILES string of the molecule is CC(=O)N[C@@]1(O)[C@@H](O)C(O)O[C@H](CO)[C@@H]1O. The van der Waals surface area contributed by atoms with Crippen LogP contribution in [0.25, 0.3) is 0 Å². The number of carbonyl (C=O) groups excluding carboxylic acids is 1. The normalized spacial score (nSPS) is 44.1. The van der Waals surface area contributed by atoms with E-state index in [0.29, 0.717) is 0 Å². The van der Waals surface area contributed by atoms with E-state index in [2.05, 4.69) is 4.74 Å². The molecule has 16 heavy (non-hydrogen) atoms. The van der Waals surface area contributed by atoms with Gasteiger partial charge in [-0.3, -0.25) is 4.79 Å². The Morgan fingerprint density at radius 2 is 1.94 bits per heavy atom. The smallest absolute Gasteiger partial charge is 0.219 e. The van der Waals surface area contributed by atoms with E-state index in [4.69, 9.17) is 5.11 Å². The van der Waals surface area contributed by atoms with Gasteiger partial charge in [0.15, 0.2) is 18.1 Å². The Balaban J connectivity index is 2.96. The van der Waals surface area contributed by atoms with E-state index in [0.717, 1.165) is 6.92 Å². The fraction of sp³-hybridized carbons (Fsp3) is 0.875. The molecule has 8 heteroatoms. The molecule has 0 spiro atoms. The molecule has 0 aliphatic carbocycles. The lowest BCUT2D eigenvalue weighted by Crippen LogP contribution is -2.73. The molecule has 1 aliphatic rings. The number of hydrogen-bond donors (Lipinski definition) is 6. The molecular formula is C8H15NO7. The molecule has 0 bridgehead atoms. The minimum Gasteiger partial charge on any atom is -0.394 e. The summed E-state index contributed by atoms with van der Waals surface area (Å²) in [4.78, 5) is 10.8. The molecule has 1 amide bonds. The molecule has 8 nitrogen and oxygen atoms in total. The van der Waals surface area contributed by atoms with Crippen LogP contribution in [0.4, 0.5) is 0 Å². The fourth-order valence-electron chi connectivity index (χ4n) is 1.58. The summed E-state index contributed by atoms with van der Waals surface area (Å²) in [5.41, 5.74) is -2.46. The van der Waals surface area contributed by atoms with E-state index in [1.54, 1.807) is 0 Å². The van der Waals surface area contributed by atoms with Gasteiger partial charge in [0, 0.05) is 6.92 Å². The zero-order chi connectivity index (χ0) is 12.5. The van der Waals surface area contributed by atoms with Crippen LogP contribution in [0.15, 0.2) is 0 Å². The first kappa shape index (κ1) is 13.3. The molecule has 6 N–H and O–H groups in total. The Labute approximate surface area is 91.1 Å². The van der Waals surface area contributed by atoms with E-state index in [9.17, 15) is 25.2 Å². The third-order valence-corrected chi connectivity index (χ3v) is 2.39. The molecule has 0 aromatic carbocycles. The molecule has 1 heterocycles. The lowest BCUT2D eigenvalue weighted by atomic mass is 9.92. The minimum absolute atomic E-state index is 0.688. The molecule has 1 aliphatic heterocycles. The number of amides is 1. The number of aliphatic hydroxyl groups excluding tert-OH is 4. The maximum absolute atomic E-state index is 10.8. The highest BCUT2D eigenvalue weighted by molar-refractivity contribution is 5.73. The van der Waals surface area contributed by atoms with Gasteiger partial charge in [-0.25, -0.2) is 0 Å². The van der Waals surface area contributed by atoms with Crippen LogP contribution in [0.1, 0.15) is 6.92 Å². The molecule has 0 saturated carbocycles. The van der Waals surface area contributed by atoms with Crippen LogP contribution in [-0.4, -0.2) is 68.4 Å². The maximum atomic E-state index is 10.8. The van der Waals surface area contributed by atoms with Crippen molar-refractivity contribution < 1.29 is 35.1 Å². The van der Waals surface area contributed by atoms with Crippen molar-refractivity contribution in [3.8, 4) is 0 Å². The third kappa shape index (κ3) is 2.17. The van der Waals surface area contributed by atoms with E-state index in [-0.39, 0.29) is 0 Å². The molecule has 0 aromatic rings. The molecule has 0 aromatic heterocycles. The van der Waals surface area contributed by atoms with Crippen molar-refractivity contribution in [3.05, 3.63) is 0 Å². The van der Waals surface area contributed by atoms with Crippen molar-refractivity contribution in [2.24, 2.45) is 0 Å². The molecule has 94 valence electrons. The van der Waals surface area contributed by atoms with E-state index in [1.165, 1.54) is 0 Å². The number of aliphatic hydroxyl groups is 5. The first-order chi connectivity index (χ1) is 7.32. The molecular weight excluding hydrogens is 222 g/mol. The highest BCUT2D eigenvalue weighted by Gasteiger charge is 2.55. The van der Waals surface area contributed by atoms with E-state index in [1.807, 2.05) is 5.32 Å². The van der Waals surface area contributed by atoms with Crippen LogP contribution in [0.3, 0.4) is 0 Å². The van der Waals surface area contributed by atoms with Gasteiger partial charge >= 0.3 is 0 Å². The Morgan fingerprint density at radius 3 is 2.38 bits per heavy atom. The maximum Gasteiger partial charge on any atom is 0.219 e. The molecule has 1 unspecified atom stereocenters. The van der Waals surface area contributed by atoms with Crippen molar-refractivity contribution in [2.45, 2.75) is 37.3 Å². The molecule has 1 rings (SSSR count). The van der Waals surface area contributed by atoms with Crippen LogP contribution in [-0.2, 0) is 9.53 Å². The van der Waals surface area contributed by atoms with Gasteiger partial charge in [-0.1, -0.05) is 0 Å². The quantitative estimate of drug-likeness (QED) is 0.271. The number of ether oxygens (including phenoxy) is 1. The second-order valence-corrected chi connectivity index (χ2v) is 3.64. The lowest BCUT2D eigenvalue weighted by Gasteiger charge is -2.46. The summed E-state index contributed by atoms with van der Waals surface area (Å²) in [5, 5.41) is 48.9. The Morgan fingerprint density at radius 1 is 1.38 bits per heavy atom. The summed E-state index contributed by atoms with van der Waals surface area (Å²) >= 11 is 0. The summed E-state index contributed by atoms with van der Waals surface area (Å²) in [6.07, 6.45) is -6.82. The van der Waals surface area contributed by atoms with Gasteiger partial charge in [-0.15, -0.1) is 0 Å². The first-order valence-electron chi connectivity index (χ1n) is 4.64. The summed E-state index contributed by atoms with van der Waals surface area (Å²) in [7, 11) is 0. The average molecular weight is 237 g/mol.